The van der Waals surface area contributed by atoms with Gasteiger partial charge in [0.15, 0.2) is 0 Å². The normalized spacial score (nSPS) is 16.1. The molecule has 0 saturated heterocycles. The largest absolute Gasteiger partial charge is 0.493 e. The van der Waals surface area contributed by atoms with Crippen molar-refractivity contribution >= 4 is 0 Å². The number of nitrogens with zero attached hydrogens (tertiary/aromatic N) is 4. The lowest BCUT2D eigenvalue weighted by atomic mass is 10.1. The quantitative estimate of drug-likeness (QED) is 0.858. The smallest absolute Gasteiger partial charge is 0.147 e. The van der Waals surface area contributed by atoms with E-state index in [2.05, 4.69) is 44.9 Å². The maximum atomic E-state index is 5.56. The number of hydrogen-bond acceptors (Lipinski definition) is 4. The molecule has 5 nitrogen and oxygen atoms in total. The van der Waals surface area contributed by atoms with Crippen LogP contribution in [0.1, 0.15) is 29.2 Å². The molecule has 2 aliphatic heterocycles. The van der Waals surface area contributed by atoms with E-state index in [9.17, 15) is 0 Å². The van der Waals surface area contributed by atoms with Crippen molar-refractivity contribution < 1.29 is 4.74 Å². The third-order valence-electron chi connectivity index (χ3n) is 4.30. The number of aryl methyl sites for hydroxylation is 1. The average molecular weight is 284 g/mol. The van der Waals surface area contributed by atoms with Gasteiger partial charge in [0, 0.05) is 25.9 Å². The molecule has 21 heavy (non-hydrogen) atoms. The molecule has 0 bridgehead atoms. The summed E-state index contributed by atoms with van der Waals surface area (Å²) in [5, 5.41) is 8.60. The SMILES string of the molecule is CN(Cc1ccc2c(c1)CCO2)Cc1nnc2n1CCC2. The predicted molar refractivity (Wildman–Crippen MR) is 79.2 cm³/mol. The number of ether oxygens (including phenoxy) is 1. The van der Waals surface area contributed by atoms with Crippen molar-refractivity contribution in [2.75, 3.05) is 13.7 Å². The van der Waals surface area contributed by atoms with Gasteiger partial charge in [-0.3, -0.25) is 4.90 Å². The van der Waals surface area contributed by atoms with Crippen LogP contribution in [-0.4, -0.2) is 33.3 Å². The van der Waals surface area contributed by atoms with Gasteiger partial charge >= 0.3 is 0 Å². The van der Waals surface area contributed by atoms with Gasteiger partial charge in [0.05, 0.1) is 13.2 Å². The van der Waals surface area contributed by atoms with Crippen LogP contribution < -0.4 is 4.74 Å². The van der Waals surface area contributed by atoms with Crippen molar-refractivity contribution in [1.82, 2.24) is 19.7 Å². The second-order valence-electron chi connectivity index (χ2n) is 6.00. The van der Waals surface area contributed by atoms with E-state index in [-0.39, 0.29) is 0 Å². The summed E-state index contributed by atoms with van der Waals surface area (Å²) < 4.78 is 7.83. The van der Waals surface area contributed by atoms with Gasteiger partial charge in [-0.2, -0.15) is 0 Å². The first-order valence-corrected chi connectivity index (χ1v) is 7.64. The molecular formula is C16H20N4O. The van der Waals surface area contributed by atoms with Crippen molar-refractivity contribution in [2.45, 2.75) is 38.9 Å². The monoisotopic (exact) mass is 284 g/mol. The van der Waals surface area contributed by atoms with E-state index in [0.717, 1.165) is 56.5 Å². The standard InChI is InChI=1S/C16H20N4O/c1-19(11-16-18-17-15-3-2-7-20(15)16)10-12-4-5-14-13(9-12)6-8-21-14/h4-5,9H,2-3,6-8,10-11H2,1H3. The molecule has 0 N–H and O–H groups in total. The number of fused-ring (bicyclic) bond motifs is 2. The molecule has 4 rings (SSSR count). The molecule has 110 valence electrons. The van der Waals surface area contributed by atoms with Crippen molar-refractivity contribution in [2.24, 2.45) is 0 Å². The van der Waals surface area contributed by atoms with Crippen LogP contribution in [0.5, 0.6) is 5.75 Å². The molecule has 0 spiro atoms. The van der Waals surface area contributed by atoms with E-state index in [4.69, 9.17) is 4.74 Å². The summed E-state index contributed by atoms with van der Waals surface area (Å²) in [6.45, 7) is 3.66. The third kappa shape index (κ3) is 2.42. The Morgan fingerprint density at radius 3 is 3.14 bits per heavy atom. The molecule has 0 unspecified atom stereocenters. The van der Waals surface area contributed by atoms with Gasteiger partial charge in [-0.05, 0) is 30.7 Å². The Balaban J connectivity index is 1.44. The highest BCUT2D eigenvalue weighted by atomic mass is 16.5. The Morgan fingerprint density at radius 1 is 1.24 bits per heavy atom. The van der Waals surface area contributed by atoms with Gasteiger partial charge in [-0.25, -0.2) is 0 Å². The summed E-state index contributed by atoms with van der Waals surface area (Å²) in [5.74, 6) is 3.29. The summed E-state index contributed by atoms with van der Waals surface area (Å²) in [5.41, 5.74) is 2.67. The van der Waals surface area contributed by atoms with Crippen molar-refractivity contribution in [1.29, 1.82) is 0 Å². The Hall–Kier alpha value is -1.88. The van der Waals surface area contributed by atoms with Crippen LogP contribution in [-0.2, 0) is 32.5 Å². The third-order valence-corrected chi connectivity index (χ3v) is 4.30. The summed E-state index contributed by atoms with van der Waals surface area (Å²) in [7, 11) is 2.14. The van der Waals surface area contributed by atoms with Crippen LogP contribution in [0.3, 0.4) is 0 Å². The van der Waals surface area contributed by atoms with E-state index in [0.29, 0.717) is 0 Å². The van der Waals surface area contributed by atoms with Gasteiger partial charge < -0.3 is 9.30 Å². The molecular weight excluding hydrogens is 264 g/mol. The first kappa shape index (κ1) is 12.8. The zero-order valence-corrected chi connectivity index (χ0v) is 12.4. The molecule has 1 aromatic heterocycles. The van der Waals surface area contributed by atoms with Gasteiger partial charge in [-0.15, -0.1) is 10.2 Å². The van der Waals surface area contributed by atoms with Gasteiger partial charge in [0.1, 0.15) is 17.4 Å². The maximum Gasteiger partial charge on any atom is 0.147 e. The fraction of sp³-hybridized carbons (Fsp3) is 0.500. The highest BCUT2D eigenvalue weighted by molar-refractivity contribution is 5.39. The highest BCUT2D eigenvalue weighted by Gasteiger charge is 2.18. The van der Waals surface area contributed by atoms with Gasteiger partial charge in [0.2, 0.25) is 0 Å². The molecule has 5 heteroatoms. The summed E-state index contributed by atoms with van der Waals surface area (Å²) >= 11 is 0. The minimum atomic E-state index is 0.820. The van der Waals surface area contributed by atoms with Crippen molar-refractivity contribution in [3.05, 3.63) is 41.0 Å². The topological polar surface area (TPSA) is 43.2 Å². The lowest BCUT2D eigenvalue weighted by molar-refractivity contribution is 0.305. The molecule has 0 fully saturated rings. The number of hydrogen-bond donors (Lipinski definition) is 0. The molecule has 0 amide bonds. The molecule has 0 radical (unpaired) electrons. The molecule has 2 aliphatic rings. The number of aromatic nitrogens is 3. The van der Waals surface area contributed by atoms with E-state index in [1.165, 1.54) is 17.5 Å². The first-order chi connectivity index (χ1) is 10.3. The average Bonchev–Trinajstić information content (AvgIpc) is 3.16. The number of benzene rings is 1. The van der Waals surface area contributed by atoms with Crippen molar-refractivity contribution in [3.8, 4) is 5.75 Å². The lowest BCUT2D eigenvalue weighted by Gasteiger charge is -2.16. The molecule has 3 heterocycles. The van der Waals surface area contributed by atoms with E-state index < -0.39 is 0 Å². The van der Waals surface area contributed by atoms with Crippen molar-refractivity contribution in [3.63, 3.8) is 0 Å². The van der Waals surface area contributed by atoms with E-state index in [1.54, 1.807) is 0 Å². The van der Waals surface area contributed by atoms with Crippen LogP contribution in [0.15, 0.2) is 18.2 Å². The Labute approximate surface area is 124 Å². The Morgan fingerprint density at radius 2 is 2.19 bits per heavy atom. The van der Waals surface area contributed by atoms with Gasteiger partial charge in [0.25, 0.3) is 0 Å². The van der Waals surface area contributed by atoms with Crippen LogP contribution in [0.4, 0.5) is 0 Å². The first-order valence-electron chi connectivity index (χ1n) is 7.64. The van der Waals surface area contributed by atoms with Crippen LogP contribution in [0, 0.1) is 0 Å². The predicted octanol–water partition coefficient (Wildman–Crippen LogP) is 1.79. The zero-order chi connectivity index (χ0) is 14.2. The highest BCUT2D eigenvalue weighted by Crippen LogP contribution is 2.26. The number of rotatable bonds is 4. The minimum Gasteiger partial charge on any atom is -0.493 e. The fourth-order valence-electron chi connectivity index (χ4n) is 3.27. The minimum absolute atomic E-state index is 0.820. The Kier molecular flexibility index (Phi) is 3.15. The lowest BCUT2D eigenvalue weighted by Crippen LogP contribution is -2.20. The second-order valence-corrected chi connectivity index (χ2v) is 6.00. The zero-order valence-electron chi connectivity index (χ0n) is 12.4. The molecule has 0 saturated carbocycles. The van der Waals surface area contributed by atoms with E-state index in [1.807, 2.05) is 0 Å². The molecule has 0 atom stereocenters. The van der Waals surface area contributed by atoms with Crippen LogP contribution in [0.2, 0.25) is 0 Å². The Bertz CT molecular complexity index is 664. The summed E-state index contributed by atoms with van der Waals surface area (Å²) in [6, 6.07) is 6.53. The fourth-order valence-corrected chi connectivity index (χ4v) is 3.27. The van der Waals surface area contributed by atoms with Gasteiger partial charge in [-0.1, -0.05) is 12.1 Å². The van der Waals surface area contributed by atoms with Crippen LogP contribution >= 0.6 is 0 Å². The van der Waals surface area contributed by atoms with Crippen LogP contribution in [0.25, 0.3) is 0 Å². The summed E-state index contributed by atoms with van der Waals surface area (Å²) in [6.07, 6.45) is 3.30. The molecule has 1 aromatic carbocycles. The summed E-state index contributed by atoms with van der Waals surface area (Å²) in [4.78, 5) is 2.30. The second kappa shape index (κ2) is 5.15. The maximum absolute atomic E-state index is 5.56. The molecule has 0 aliphatic carbocycles. The molecule has 2 aromatic rings. The van der Waals surface area contributed by atoms with E-state index >= 15 is 0 Å².